The Balaban J connectivity index is 1.34. The van der Waals surface area contributed by atoms with Gasteiger partial charge in [0.1, 0.15) is 0 Å². The fourth-order valence-electron chi connectivity index (χ4n) is 4.70. The predicted octanol–water partition coefficient (Wildman–Crippen LogP) is 5.39. The molecule has 4 aromatic rings. The van der Waals surface area contributed by atoms with Crippen LogP contribution in [0.3, 0.4) is 0 Å². The minimum absolute atomic E-state index is 0.0415. The van der Waals surface area contributed by atoms with Crippen LogP contribution in [0.2, 0.25) is 0 Å². The number of para-hydroxylation sites is 1. The van der Waals surface area contributed by atoms with Gasteiger partial charge in [0.2, 0.25) is 0 Å². The summed E-state index contributed by atoms with van der Waals surface area (Å²) in [6, 6.07) is 25.7. The molecule has 0 unspecified atom stereocenters. The van der Waals surface area contributed by atoms with Crippen LogP contribution >= 0.6 is 0 Å². The smallest absolute Gasteiger partial charge is 0.254 e. The van der Waals surface area contributed by atoms with Crippen molar-refractivity contribution in [1.82, 2.24) is 14.8 Å². The van der Waals surface area contributed by atoms with Gasteiger partial charge in [-0.25, -0.2) is 4.98 Å². The van der Waals surface area contributed by atoms with Gasteiger partial charge >= 0.3 is 0 Å². The second-order valence-electron chi connectivity index (χ2n) is 9.05. The first kappa shape index (κ1) is 24.5. The molecule has 37 heavy (non-hydrogen) atoms. The average molecular weight is 494 g/mol. The van der Waals surface area contributed by atoms with Crippen LogP contribution in [0.4, 0.5) is 0 Å². The van der Waals surface area contributed by atoms with Crippen LogP contribution in [0.15, 0.2) is 84.9 Å². The van der Waals surface area contributed by atoms with Crippen molar-refractivity contribution in [2.45, 2.75) is 0 Å². The highest BCUT2D eigenvalue weighted by Crippen LogP contribution is 2.33. The minimum atomic E-state index is 0.0415. The summed E-state index contributed by atoms with van der Waals surface area (Å²) in [4.78, 5) is 22.9. The second-order valence-corrected chi connectivity index (χ2v) is 9.05. The molecule has 0 spiro atoms. The summed E-state index contributed by atoms with van der Waals surface area (Å²) in [5, 5.41) is 0.866. The molecule has 5 rings (SSSR count). The number of carbonyl (C=O) groups excluding carboxylic acids is 1. The third-order valence-corrected chi connectivity index (χ3v) is 6.76. The van der Waals surface area contributed by atoms with E-state index in [4.69, 9.17) is 14.5 Å². The Hall–Kier alpha value is -4.16. The molecule has 1 aromatic heterocycles. The number of nitrogens with zero attached hydrogens (tertiary/aromatic N) is 3. The molecular weight excluding hydrogens is 462 g/mol. The minimum Gasteiger partial charge on any atom is -0.493 e. The Labute approximate surface area is 217 Å². The monoisotopic (exact) mass is 493 g/mol. The Morgan fingerprint density at radius 3 is 2.35 bits per heavy atom. The first-order valence-electron chi connectivity index (χ1n) is 12.5. The SMILES string of the molecule is COc1ccc(-c2cc(C(=O)N3CCN(C/C=C/c4ccccc4)CC3)c3ccccc3n2)cc1OC. The van der Waals surface area contributed by atoms with E-state index in [1.807, 2.05) is 71.6 Å². The summed E-state index contributed by atoms with van der Waals surface area (Å²) in [7, 11) is 3.23. The number of benzene rings is 3. The zero-order chi connectivity index (χ0) is 25.6. The molecule has 0 bridgehead atoms. The van der Waals surface area contributed by atoms with Gasteiger partial charge in [-0.2, -0.15) is 0 Å². The van der Waals surface area contributed by atoms with Crippen molar-refractivity contribution in [1.29, 1.82) is 0 Å². The lowest BCUT2D eigenvalue weighted by atomic mass is 10.0. The second kappa shape index (κ2) is 11.3. The van der Waals surface area contributed by atoms with E-state index in [9.17, 15) is 4.79 Å². The Morgan fingerprint density at radius 1 is 0.865 bits per heavy atom. The maximum atomic E-state index is 13.7. The molecule has 6 nitrogen and oxygen atoms in total. The maximum absolute atomic E-state index is 13.7. The lowest BCUT2D eigenvalue weighted by Gasteiger charge is -2.34. The van der Waals surface area contributed by atoms with Crippen molar-refractivity contribution >= 4 is 22.9 Å². The topological polar surface area (TPSA) is 54.9 Å². The van der Waals surface area contributed by atoms with E-state index in [0.717, 1.165) is 41.8 Å². The first-order valence-corrected chi connectivity index (χ1v) is 12.5. The van der Waals surface area contributed by atoms with Crippen LogP contribution in [-0.4, -0.2) is 67.6 Å². The molecule has 6 heteroatoms. The highest BCUT2D eigenvalue weighted by molar-refractivity contribution is 6.07. The van der Waals surface area contributed by atoms with E-state index in [-0.39, 0.29) is 5.91 Å². The molecule has 0 radical (unpaired) electrons. The van der Waals surface area contributed by atoms with Crippen molar-refractivity contribution in [2.75, 3.05) is 46.9 Å². The van der Waals surface area contributed by atoms with Gasteiger partial charge in [-0.05, 0) is 35.9 Å². The zero-order valence-electron chi connectivity index (χ0n) is 21.3. The summed E-state index contributed by atoms with van der Waals surface area (Å²) in [5.41, 5.74) is 4.27. The number of methoxy groups -OCH3 is 2. The molecule has 188 valence electrons. The molecule has 1 saturated heterocycles. The molecule has 0 saturated carbocycles. The fraction of sp³-hybridized carbons (Fsp3) is 0.226. The molecular formula is C31H31N3O3. The number of pyridine rings is 1. The van der Waals surface area contributed by atoms with Crippen molar-refractivity contribution in [3.05, 3.63) is 96.1 Å². The van der Waals surface area contributed by atoms with Gasteiger partial charge in [0.15, 0.2) is 11.5 Å². The lowest BCUT2D eigenvalue weighted by Crippen LogP contribution is -2.48. The Bertz CT molecular complexity index is 1410. The number of hydrogen-bond donors (Lipinski definition) is 0. The number of rotatable bonds is 7. The van der Waals surface area contributed by atoms with Crippen LogP contribution in [0.5, 0.6) is 11.5 Å². The number of amides is 1. The van der Waals surface area contributed by atoms with E-state index in [2.05, 4.69) is 29.2 Å². The number of fused-ring (bicyclic) bond motifs is 1. The lowest BCUT2D eigenvalue weighted by molar-refractivity contribution is 0.0652. The molecule has 0 atom stereocenters. The van der Waals surface area contributed by atoms with Gasteiger partial charge in [-0.1, -0.05) is 60.7 Å². The summed E-state index contributed by atoms with van der Waals surface area (Å²) >= 11 is 0. The van der Waals surface area contributed by atoms with Crippen molar-refractivity contribution in [3.8, 4) is 22.8 Å². The summed E-state index contributed by atoms with van der Waals surface area (Å²) < 4.78 is 10.9. The number of ether oxygens (including phenoxy) is 2. The maximum Gasteiger partial charge on any atom is 0.254 e. The van der Waals surface area contributed by atoms with Gasteiger partial charge in [-0.3, -0.25) is 9.69 Å². The number of piperazine rings is 1. The van der Waals surface area contributed by atoms with Crippen molar-refractivity contribution in [3.63, 3.8) is 0 Å². The largest absolute Gasteiger partial charge is 0.493 e. The third kappa shape index (κ3) is 5.49. The molecule has 2 heterocycles. The number of aromatic nitrogens is 1. The Kier molecular flexibility index (Phi) is 7.47. The van der Waals surface area contributed by atoms with Gasteiger partial charge < -0.3 is 14.4 Å². The van der Waals surface area contributed by atoms with Gasteiger partial charge in [-0.15, -0.1) is 0 Å². The van der Waals surface area contributed by atoms with E-state index in [0.29, 0.717) is 30.2 Å². The van der Waals surface area contributed by atoms with Crippen LogP contribution in [0.25, 0.3) is 28.2 Å². The quantitative estimate of drug-likeness (QED) is 0.346. The highest BCUT2D eigenvalue weighted by Gasteiger charge is 2.24. The standard InChI is InChI=1S/C31H31N3O3/c1-36-29-15-14-24(21-30(29)37-2)28-22-26(25-12-6-7-13-27(25)32-28)31(35)34-19-17-33(18-20-34)16-8-11-23-9-4-3-5-10-23/h3-15,21-22H,16-20H2,1-2H3/b11-8+. The van der Waals surface area contributed by atoms with Crippen LogP contribution < -0.4 is 9.47 Å². The number of hydrogen-bond acceptors (Lipinski definition) is 5. The van der Waals surface area contributed by atoms with Crippen molar-refractivity contribution < 1.29 is 14.3 Å². The van der Waals surface area contributed by atoms with Crippen LogP contribution in [0, 0.1) is 0 Å². The molecule has 0 N–H and O–H groups in total. The third-order valence-electron chi connectivity index (χ3n) is 6.76. The normalized spacial score (nSPS) is 14.3. The summed E-state index contributed by atoms with van der Waals surface area (Å²) in [6.45, 7) is 3.95. The number of carbonyl (C=O) groups is 1. The van der Waals surface area contributed by atoms with Crippen molar-refractivity contribution in [2.24, 2.45) is 0 Å². The van der Waals surface area contributed by atoms with E-state index in [1.54, 1.807) is 14.2 Å². The van der Waals surface area contributed by atoms with Crippen LogP contribution in [0.1, 0.15) is 15.9 Å². The Morgan fingerprint density at radius 2 is 1.59 bits per heavy atom. The molecule has 0 aliphatic carbocycles. The van der Waals surface area contributed by atoms with Crippen LogP contribution in [-0.2, 0) is 0 Å². The van der Waals surface area contributed by atoms with E-state index in [1.165, 1.54) is 5.56 Å². The molecule has 1 fully saturated rings. The highest BCUT2D eigenvalue weighted by atomic mass is 16.5. The molecule has 1 aliphatic heterocycles. The molecule has 1 aliphatic rings. The first-order chi connectivity index (χ1) is 18.2. The average Bonchev–Trinajstić information content (AvgIpc) is 2.96. The zero-order valence-corrected chi connectivity index (χ0v) is 21.3. The van der Waals surface area contributed by atoms with Gasteiger partial charge in [0.05, 0.1) is 31.0 Å². The van der Waals surface area contributed by atoms with Gasteiger partial charge in [0, 0.05) is 43.7 Å². The molecule has 1 amide bonds. The predicted molar refractivity (Wildman–Crippen MR) is 148 cm³/mol. The molecule has 3 aromatic carbocycles. The summed E-state index contributed by atoms with van der Waals surface area (Å²) in [5.74, 6) is 1.32. The van der Waals surface area contributed by atoms with Gasteiger partial charge in [0.25, 0.3) is 5.91 Å². The fourth-order valence-corrected chi connectivity index (χ4v) is 4.70. The van der Waals surface area contributed by atoms with E-state index >= 15 is 0 Å². The van der Waals surface area contributed by atoms with E-state index < -0.39 is 0 Å². The summed E-state index contributed by atoms with van der Waals surface area (Å²) in [6.07, 6.45) is 4.34.